The molecule has 0 saturated carbocycles. The molecule has 0 radical (unpaired) electrons. The first-order valence-corrected chi connectivity index (χ1v) is 7.82. The van der Waals surface area contributed by atoms with Gasteiger partial charge in [-0.15, -0.1) is 0 Å². The maximum atomic E-state index is 12.1. The molecule has 1 fully saturated rings. The van der Waals surface area contributed by atoms with Crippen molar-refractivity contribution in [1.82, 2.24) is 0 Å². The fourth-order valence-electron chi connectivity index (χ4n) is 2.95. The van der Waals surface area contributed by atoms with Crippen molar-refractivity contribution in [2.24, 2.45) is 0 Å². The Labute approximate surface area is 141 Å². The molecule has 1 saturated heterocycles. The van der Waals surface area contributed by atoms with E-state index in [1.165, 1.54) is 6.07 Å². The quantitative estimate of drug-likeness (QED) is 0.465. The molecule has 2 heterocycles. The van der Waals surface area contributed by atoms with Gasteiger partial charge in [-0.2, -0.15) is 0 Å². The number of hydrogen-bond donors (Lipinski definition) is 3. The first-order valence-electron chi connectivity index (χ1n) is 7.82. The summed E-state index contributed by atoms with van der Waals surface area (Å²) in [6, 6.07) is 12.1. The zero-order chi connectivity index (χ0) is 17.6. The Bertz CT molecular complexity index is 980. The van der Waals surface area contributed by atoms with Gasteiger partial charge in [-0.05, 0) is 23.6 Å². The van der Waals surface area contributed by atoms with Crippen LogP contribution in [0.4, 0.5) is 0 Å². The van der Waals surface area contributed by atoms with Crippen molar-refractivity contribution in [3.8, 4) is 5.75 Å². The minimum Gasteiger partial charge on any atom is -0.462 e. The van der Waals surface area contributed by atoms with E-state index in [1.54, 1.807) is 24.3 Å². The number of benzene rings is 2. The highest BCUT2D eigenvalue weighted by molar-refractivity contribution is 6.04. The maximum Gasteiger partial charge on any atom is 0.344 e. The molecule has 0 bridgehead atoms. The molecule has 0 amide bonds. The van der Waals surface area contributed by atoms with Crippen LogP contribution >= 0.6 is 0 Å². The largest absolute Gasteiger partial charge is 0.462 e. The van der Waals surface area contributed by atoms with Gasteiger partial charge in [-0.3, -0.25) is 0 Å². The summed E-state index contributed by atoms with van der Waals surface area (Å²) in [6.45, 7) is -0.157. The van der Waals surface area contributed by atoms with Gasteiger partial charge < -0.3 is 29.2 Å². The lowest BCUT2D eigenvalue weighted by Crippen LogP contribution is -2.54. The highest BCUT2D eigenvalue weighted by atomic mass is 16.7. The van der Waals surface area contributed by atoms with Crippen LogP contribution in [0.3, 0.4) is 0 Å². The molecule has 3 aromatic rings. The van der Waals surface area contributed by atoms with Crippen molar-refractivity contribution in [2.75, 3.05) is 6.61 Å². The third-order valence-corrected chi connectivity index (χ3v) is 4.30. The maximum absolute atomic E-state index is 12.1. The number of fused-ring (bicyclic) bond motifs is 3. The Kier molecular flexibility index (Phi) is 3.93. The molecule has 1 aliphatic rings. The Morgan fingerprint density at radius 3 is 2.52 bits per heavy atom. The second-order valence-corrected chi connectivity index (χ2v) is 5.96. The number of ether oxygens (including phenoxy) is 2. The van der Waals surface area contributed by atoms with E-state index >= 15 is 0 Å². The minimum atomic E-state index is -1.40. The molecule has 0 aliphatic carbocycles. The van der Waals surface area contributed by atoms with Crippen LogP contribution in [0.25, 0.3) is 21.7 Å². The second-order valence-electron chi connectivity index (χ2n) is 5.96. The fraction of sp³-hybridized carbons (Fsp3) is 0.278. The summed E-state index contributed by atoms with van der Waals surface area (Å²) in [4.78, 5) is 12.1. The van der Waals surface area contributed by atoms with Crippen molar-refractivity contribution < 1.29 is 29.2 Å². The van der Waals surface area contributed by atoms with E-state index in [0.717, 1.165) is 10.8 Å². The Morgan fingerprint density at radius 2 is 1.72 bits per heavy atom. The van der Waals surface area contributed by atoms with E-state index in [4.69, 9.17) is 13.9 Å². The average molecular weight is 344 g/mol. The van der Waals surface area contributed by atoms with E-state index in [-0.39, 0.29) is 6.61 Å². The predicted octanol–water partition coefficient (Wildman–Crippen LogP) is 0.764. The zero-order valence-corrected chi connectivity index (χ0v) is 13.0. The number of aliphatic hydroxyl groups is 3. The third-order valence-electron chi connectivity index (χ3n) is 4.30. The van der Waals surface area contributed by atoms with Gasteiger partial charge >= 0.3 is 5.63 Å². The normalized spacial score (nSPS) is 26.8. The van der Waals surface area contributed by atoms with Gasteiger partial charge in [0.15, 0.2) is 0 Å². The zero-order valence-electron chi connectivity index (χ0n) is 13.0. The standard InChI is InChI=1S/C18H16O7/c19-13-8-23-18(16(21)15(13)20)24-9-5-6-11-10-3-1-2-4-12(10)17(22)25-14(11)7-9/h1-7,13,15-16,18-21H,8H2/t13-,15-,16+,18+/m0/s1. The van der Waals surface area contributed by atoms with Gasteiger partial charge in [-0.1, -0.05) is 18.2 Å². The summed E-state index contributed by atoms with van der Waals surface area (Å²) in [5.41, 5.74) is -0.111. The molecule has 7 nitrogen and oxygen atoms in total. The van der Waals surface area contributed by atoms with Crippen molar-refractivity contribution in [3.05, 3.63) is 52.9 Å². The summed E-state index contributed by atoms with van der Waals surface area (Å²) >= 11 is 0. The molecule has 130 valence electrons. The van der Waals surface area contributed by atoms with E-state index < -0.39 is 30.2 Å². The Hall–Kier alpha value is -2.45. The van der Waals surface area contributed by atoms with Crippen molar-refractivity contribution in [2.45, 2.75) is 24.6 Å². The summed E-state index contributed by atoms with van der Waals surface area (Å²) in [6.07, 6.45) is -5.07. The lowest BCUT2D eigenvalue weighted by molar-refractivity contribution is -0.242. The molecule has 1 aliphatic heterocycles. The van der Waals surface area contributed by atoms with E-state index in [1.807, 2.05) is 12.1 Å². The molecular weight excluding hydrogens is 328 g/mol. The molecule has 0 unspecified atom stereocenters. The van der Waals surface area contributed by atoms with Crippen molar-refractivity contribution >= 4 is 21.7 Å². The molecule has 25 heavy (non-hydrogen) atoms. The molecule has 7 heteroatoms. The summed E-state index contributed by atoms with van der Waals surface area (Å²) in [5, 5.41) is 31.1. The smallest absolute Gasteiger partial charge is 0.344 e. The van der Waals surface area contributed by atoms with E-state index in [9.17, 15) is 20.1 Å². The van der Waals surface area contributed by atoms with E-state index in [0.29, 0.717) is 16.7 Å². The highest BCUT2D eigenvalue weighted by Crippen LogP contribution is 2.28. The lowest BCUT2D eigenvalue weighted by Gasteiger charge is -2.34. The topological polar surface area (TPSA) is 109 Å². The number of rotatable bonds is 2. The van der Waals surface area contributed by atoms with Crippen LogP contribution < -0.4 is 10.4 Å². The van der Waals surface area contributed by atoms with Crippen LogP contribution in [-0.2, 0) is 4.74 Å². The highest BCUT2D eigenvalue weighted by Gasteiger charge is 2.39. The van der Waals surface area contributed by atoms with Crippen LogP contribution in [-0.4, -0.2) is 46.5 Å². The summed E-state index contributed by atoms with van der Waals surface area (Å²) in [7, 11) is 0. The molecule has 1 aromatic heterocycles. The second kappa shape index (κ2) is 6.12. The average Bonchev–Trinajstić information content (AvgIpc) is 2.62. The molecule has 2 aromatic carbocycles. The SMILES string of the molecule is O=c1oc2cc(O[C@H]3OC[C@H](O)[C@H](O)[C@H]3O)ccc2c2ccccc12. The van der Waals surface area contributed by atoms with Crippen LogP contribution in [0, 0.1) is 0 Å². The molecule has 4 atom stereocenters. The summed E-state index contributed by atoms with van der Waals surface area (Å²) in [5.74, 6) is 0.304. The minimum absolute atomic E-state index is 0.157. The van der Waals surface area contributed by atoms with E-state index in [2.05, 4.69) is 0 Å². The molecule has 0 spiro atoms. The number of hydrogen-bond acceptors (Lipinski definition) is 7. The van der Waals surface area contributed by atoms with Gasteiger partial charge in [0.1, 0.15) is 29.6 Å². The molecule has 4 rings (SSSR count). The van der Waals surface area contributed by atoms with Gasteiger partial charge in [0.25, 0.3) is 0 Å². The Balaban J connectivity index is 1.70. The van der Waals surface area contributed by atoms with Crippen LogP contribution in [0.5, 0.6) is 5.75 Å². The van der Waals surface area contributed by atoms with Crippen LogP contribution in [0.15, 0.2) is 51.7 Å². The first kappa shape index (κ1) is 16.0. The van der Waals surface area contributed by atoms with Gasteiger partial charge in [0, 0.05) is 11.5 Å². The first-order chi connectivity index (χ1) is 12.0. The summed E-state index contributed by atoms with van der Waals surface area (Å²) < 4.78 is 16.1. The van der Waals surface area contributed by atoms with Crippen LogP contribution in [0.2, 0.25) is 0 Å². The van der Waals surface area contributed by atoms with Crippen molar-refractivity contribution in [1.29, 1.82) is 0 Å². The van der Waals surface area contributed by atoms with Gasteiger partial charge in [-0.25, -0.2) is 4.79 Å². The number of aliphatic hydroxyl groups excluding tert-OH is 3. The van der Waals surface area contributed by atoms with Gasteiger partial charge in [0.2, 0.25) is 6.29 Å². The third kappa shape index (κ3) is 2.77. The van der Waals surface area contributed by atoms with Crippen LogP contribution in [0.1, 0.15) is 0 Å². The van der Waals surface area contributed by atoms with Gasteiger partial charge in [0.05, 0.1) is 12.0 Å². The molecule has 3 N–H and O–H groups in total. The van der Waals surface area contributed by atoms with Crippen molar-refractivity contribution in [3.63, 3.8) is 0 Å². The Morgan fingerprint density at radius 1 is 0.960 bits per heavy atom. The predicted molar refractivity (Wildman–Crippen MR) is 88.4 cm³/mol. The fourth-order valence-corrected chi connectivity index (χ4v) is 2.95. The molecular formula is C18H16O7. The monoisotopic (exact) mass is 344 g/mol. The lowest BCUT2D eigenvalue weighted by atomic mass is 10.1.